The summed E-state index contributed by atoms with van der Waals surface area (Å²) in [6.45, 7) is 0. The maximum atomic E-state index is 5.69. The summed E-state index contributed by atoms with van der Waals surface area (Å²) in [5.41, 5.74) is 0. The number of rotatable bonds is 0. The molecule has 0 radical (unpaired) electrons. The zero-order valence-electron chi connectivity index (χ0n) is 5.07. The molecule has 0 bridgehead atoms. The van der Waals surface area contributed by atoms with E-state index >= 15 is 0 Å². The van der Waals surface area contributed by atoms with E-state index in [1.165, 1.54) is 0 Å². The van der Waals surface area contributed by atoms with E-state index in [0.717, 1.165) is 3.69 Å². The summed E-state index contributed by atoms with van der Waals surface area (Å²) in [6.07, 6.45) is 0. The molecular formula is C6H3Cl3Mg. The van der Waals surface area contributed by atoms with Gasteiger partial charge in [-0.3, -0.25) is 0 Å². The Bertz CT molecular complexity index is 224. The molecule has 0 nitrogen and oxygen atoms in total. The van der Waals surface area contributed by atoms with E-state index in [-0.39, 0.29) is 12.4 Å². The van der Waals surface area contributed by atoms with Crippen LogP contribution in [0.1, 0.15) is 0 Å². The summed E-state index contributed by atoms with van der Waals surface area (Å²) < 4.78 is 1.16. The molecule has 0 spiro atoms. The van der Waals surface area contributed by atoms with Crippen LogP contribution in [0.4, 0.5) is 0 Å². The van der Waals surface area contributed by atoms with Crippen LogP contribution in [0.5, 0.6) is 0 Å². The maximum absolute atomic E-state index is 5.69. The standard InChI is InChI=1S/C6H3Cl2.ClH.Mg/c7-5-3-1-2-4-6(5)8;;/h1,3-4H;1H;/q;;+1/p-1. The van der Waals surface area contributed by atoms with E-state index in [9.17, 15) is 0 Å². The van der Waals surface area contributed by atoms with Gasteiger partial charge in [0.25, 0.3) is 0 Å². The van der Waals surface area contributed by atoms with E-state index in [1.807, 2.05) is 12.1 Å². The predicted molar refractivity (Wildman–Crippen MR) is 41.9 cm³/mol. The van der Waals surface area contributed by atoms with Crippen LogP contribution < -0.4 is 16.1 Å². The summed E-state index contributed by atoms with van der Waals surface area (Å²) in [4.78, 5) is 0. The van der Waals surface area contributed by atoms with Crippen LogP contribution in [-0.2, 0) is 0 Å². The number of hydrogen-bond acceptors (Lipinski definition) is 0. The van der Waals surface area contributed by atoms with Crippen molar-refractivity contribution in [3.63, 3.8) is 0 Å². The second-order valence-corrected chi connectivity index (χ2v) is 3.38. The van der Waals surface area contributed by atoms with Gasteiger partial charge < -0.3 is 12.4 Å². The van der Waals surface area contributed by atoms with E-state index in [0.29, 0.717) is 10.0 Å². The fourth-order valence-electron chi connectivity index (χ4n) is 0.540. The molecule has 50 valence electrons. The molecule has 0 aliphatic rings. The minimum absolute atomic E-state index is 0. The average Bonchev–Trinajstić information content (AvgIpc) is 1.80. The number of halogens is 3. The third-order valence-electron chi connectivity index (χ3n) is 0.984. The van der Waals surface area contributed by atoms with Gasteiger partial charge in [-0.05, 0) is 0 Å². The SMILES string of the molecule is [Cl-].[Mg+][c]1ccc(Cl)c(Cl)c1. The van der Waals surface area contributed by atoms with Crippen LogP contribution in [0.25, 0.3) is 0 Å². The predicted octanol–water partition coefficient (Wildman–Crippen LogP) is -1.21. The average molecular weight is 206 g/mol. The van der Waals surface area contributed by atoms with E-state index in [1.54, 1.807) is 27.8 Å². The Kier molecular flexibility index (Phi) is 5.08. The Labute approximate surface area is 88.7 Å². The molecule has 0 fully saturated rings. The Hall–Kier alpha value is 0.856. The van der Waals surface area contributed by atoms with E-state index in [4.69, 9.17) is 23.2 Å². The zero-order chi connectivity index (χ0) is 6.85. The van der Waals surface area contributed by atoms with Crippen molar-refractivity contribution in [1.29, 1.82) is 0 Å². The molecular weight excluding hydrogens is 203 g/mol. The third kappa shape index (κ3) is 2.85. The van der Waals surface area contributed by atoms with Crippen molar-refractivity contribution in [1.82, 2.24) is 0 Å². The van der Waals surface area contributed by atoms with Gasteiger partial charge in [0.05, 0.1) is 0 Å². The molecule has 0 saturated heterocycles. The molecule has 0 heterocycles. The Morgan fingerprint density at radius 1 is 1.10 bits per heavy atom. The third-order valence-corrected chi connectivity index (χ3v) is 2.16. The molecule has 1 rings (SSSR count). The van der Waals surface area contributed by atoms with Crippen molar-refractivity contribution in [2.24, 2.45) is 0 Å². The van der Waals surface area contributed by atoms with Gasteiger partial charge >= 0.3 is 76.8 Å². The fourth-order valence-corrected chi connectivity index (χ4v) is 1.31. The first-order valence-corrected chi connectivity index (χ1v) is 3.93. The summed E-state index contributed by atoms with van der Waals surface area (Å²) >= 11 is 13.1. The fraction of sp³-hybridized carbons (Fsp3) is 0. The normalized spacial score (nSPS) is 8.80. The zero-order valence-corrected chi connectivity index (χ0v) is 8.76. The molecule has 4 heteroatoms. The Balaban J connectivity index is 0.000000810. The van der Waals surface area contributed by atoms with E-state index < -0.39 is 0 Å². The first-order chi connectivity index (χ1) is 4.20. The Morgan fingerprint density at radius 3 is 2.10 bits per heavy atom. The molecule has 0 N–H and O–H groups in total. The van der Waals surface area contributed by atoms with Gasteiger partial charge in [0, 0.05) is 0 Å². The van der Waals surface area contributed by atoms with Gasteiger partial charge in [0.1, 0.15) is 0 Å². The molecule has 10 heavy (non-hydrogen) atoms. The summed E-state index contributed by atoms with van der Waals surface area (Å²) in [5, 5.41) is 1.25. The van der Waals surface area contributed by atoms with Crippen molar-refractivity contribution in [3.05, 3.63) is 28.2 Å². The summed E-state index contributed by atoms with van der Waals surface area (Å²) in [7, 11) is 0. The Morgan fingerprint density at radius 2 is 1.70 bits per heavy atom. The van der Waals surface area contributed by atoms with Crippen LogP contribution in [0.2, 0.25) is 10.0 Å². The quantitative estimate of drug-likeness (QED) is 0.467. The molecule has 0 unspecified atom stereocenters. The molecule has 1 aromatic rings. The topological polar surface area (TPSA) is 0 Å². The van der Waals surface area contributed by atoms with E-state index in [2.05, 4.69) is 0 Å². The number of benzene rings is 1. The van der Waals surface area contributed by atoms with Crippen LogP contribution in [-0.4, -0.2) is 21.7 Å². The number of hydrogen-bond donors (Lipinski definition) is 0. The summed E-state index contributed by atoms with van der Waals surface area (Å²) in [5.74, 6) is 0. The van der Waals surface area contributed by atoms with Crippen LogP contribution in [0.3, 0.4) is 0 Å². The van der Waals surface area contributed by atoms with Crippen LogP contribution in [0.15, 0.2) is 18.2 Å². The first kappa shape index (κ1) is 10.9. The second-order valence-electron chi connectivity index (χ2n) is 1.75. The monoisotopic (exact) mass is 204 g/mol. The molecule has 0 aliphatic carbocycles. The van der Waals surface area contributed by atoms with Gasteiger partial charge in [-0.25, -0.2) is 0 Å². The van der Waals surface area contributed by atoms with Crippen LogP contribution >= 0.6 is 23.2 Å². The molecule has 0 atom stereocenters. The first-order valence-electron chi connectivity index (χ1n) is 2.47. The minimum atomic E-state index is 0. The van der Waals surface area contributed by atoms with Crippen molar-refractivity contribution in [2.75, 3.05) is 0 Å². The summed E-state index contributed by atoms with van der Waals surface area (Å²) in [6, 6.07) is 5.58. The van der Waals surface area contributed by atoms with Gasteiger partial charge in [-0.15, -0.1) is 0 Å². The van der Waals surface area contributed by atoms with Gasteiger partial charge in [0.2, 0.25) is 0 Å². The molecule has 0 aromatic heterocycles. The van der Waals surface area contributed by atoms with Gasteiger partial charge in [-0.2, -0.15) is 0 Å². The molecule has 0 amide bonds. The van der Waals surface area contributed by atoms with Crippen molar-refractivity contribution in [3.8, 4) is 0 Å². The van der Waals surface area contributed by atoms with Crippen LogP contribution in [0, 0.1) is 0 Å². The van der Waals surface area contributed by atoms with Gasteiger partial charge in [-0.1, -0.05) is 0 Å². The van der Waals surface area contributed by atoms with Crippen molar-refractivity contribution < 1.29 is 12.4 Å². The van der Waals surface area contributed by atoms with Gasteiger partial charge in [0.15, 0.2) is 0 Å². The van der Waals surface area contributed by atoms with Crippen molar-refractivity contribution >= 4 is 48.6 Å². The molecule has 0 saturated carbocycles. The van der Waals surface area contributed by atoms with Crippen molar-refractivity contribution in [2.45, 2.75) is 0 Å². The molecule has 0 aliphatic heterocycles. The second kappa shape index (κ2) is 4.68. The molecule has 1 aromatic carbocycles.